The minimum absolute atomic E-state index is 0.0543. The summed E-state index contributed by atoms with van der Waals surface area (Å²) in [5, 5.41) is 3.02. The number of piperidine rings is 1. The smallest absolute Gasteiger partial charge is 0.224 e. The summed E-state index contributed by atoms with van der Waals surface area (Å²) < 4.78 is 0. The van der Waals surface area contributed by atoms with Gasteiger partial charge in [-0.15, -0.1) is 0 Å². The van der Waals surface area contributed by atoms with Crippen molar-refractivity contribution in [3.8, 4) is 0 Å². The SMILES string of the molecule is O=C1CCCCC(CC(=O)N2CCC(CN3CCCCC3)C2)N1. The molecule has 5 heteroatoms. The Morgan fingerprint density at radius 1 is 1.04 bits per heavy atom. The van der Waals surface area contributed by atoms with Gasteiger partial charge in [-0.05, 0) is 51.1 Å². The Hall–Kier alpha value is -1.10. The molecule has 3 aliphatic rings. The normalized spacial score (nSPS) is 30.1. The number of nitrogens with one attached hydrogen (secondary N) is 1. The van der Waals surface area contributed by atoms with Gasteiger partial charge in [0, 0.05) is 38.5 Å². The van der Waals surface area contributed by atoms with Crippen molar-refractivity contribution < 1.29 is 9.59 Å². The zero-order valence-electron chi connectivity index (χ0n) is 14.3. The van der Waals surface area contributed by atoms with Gasteiger partial charge in [0.15, 0.2) is 0 Å². The quantitative estimate of drug-likeness (QED) is 0.858. The van der Waals surface area contributed by atoms with Crippen molar-refractivity contribution in [3.05, 3.63) is 0 Å². The number of hydrogen-bond donors (Lipinski definition) is 1. The molecule has 0 aromatic carbocycles. The van der Waals surface area contributed by atoms with Gasteiger partial charge in [0.25, 0.3) is 0 Å². The Morgan fingerprint density at radius 3 is 2.70 bits per heavy atom. The molecule has 3 fully saturated rings. The van der Waals surface area contributed by atoms with Crippen molar-refractivity contribution >= 4 is 11.8 Å². The van der Waals surface area contributed by atoms with Crippen LogP contribution in [0.15, 0.2) is 0 Å². The zero-order chi connectivity index (χ0) is 16.1. The van der Waals surface area contributed by atoms with Crippen LogP contribution < -0.4 is 5.32 Å². The maximum Gasteiger partial charge on any atom is 0.224 e. The van der Waals surface area contributed by atoms with E-state index in [4.69, 9.17) is 0 Å². The second kappa shape index (κ2) is 8.13. The van der Waals surface area contributed by atoms with Crippen molar-refractivity contribution in [3.63, 3.8) is 0 Å². The number of carbonyl (C=O) groups excluding carboxylic acids is 2. The van der Waals surface area contributed by atoms with E-state index in [1.165, 1.54) is 32.4 Å². The minimum Gasteiger partial charge on any atom is -0.353 e. The van der Waals surface area contributed by atoms with Gasteiger partial charge in [-0.2, -0.15) is 0 Å². The predicted molar refractivity (Wildman–Crippen MR) is 90.0 cm³/mol. The molecule has 0 aliphatic carbocycles. The van der Waals surface area contributed by atoms with Crippen LogP contribution in [0.2, 0.25) is 0 Å². The summed E-state index contributed by atoms with van der Waals surface area (Å²) in [5.74, 6) is 0.990. The van der Waals surface area contributed by atoms with Crippen molar-refractivity contribution in [1.82, 2.24) is 15.1 Å². The Bertz CT molecular complexity index is 420. The Labute approximate surface area is 139 Å². The number of likely N-dealkylation sites (tertiary alicyclic amines) is 2. The Balaban J connectivity index is 1.42. The molecule has 23 heavy (non-hydrogen) atoms. The highest BCUT2D eigenvalue weighted by Gasteiger charge is 2.29. The van der Waals surface area contributed by atoms with Crippen molar-refractivity contribution in [2.45, 2.75) is 63.8 Å². The lowest BCUT2D eigenvalue weighted by molar-refractivity contribution is -0.131. The molecule has 0 spiro atoms. The van der Waals surface area contributed by atoms with E-state index in [-0.39, 0.29) is 17.9 Å². The van der Waals surface area contributed by atoms with Gasteiger partial charge < -0.3 is 15.1 Å². The van der Waals surface area contributed by atoms with Gasteiger partial charge in [-0.25, -0.2) is 0 Å². The monoisotopic (exact) mass is 321 g/mol. The average Bonchev–Trinajstić information content (AvgIpc) is 2.91. The molecule has 2 amide bonds. The molecule has 0 aromatic heterocycles. The molecule has 3 heterocycles. The molecule has 130 valence electrons. The highest BCUT2D eigenvalue weighted by Crippen LogP contribution is 2.21. The van der Waals surface area contributed by atoms with Crippen molar-refractivity contribution in [2.75, 3.05) is 32.7 Å². The van der Waals surface area contributed by atoms with Crippen LogP contribution >= 0.6 is 0 Å². The van der Waals surface area contributed by atoms with E-state index in [1.807, 2.05) is 4.90 Å². The first-order valence-electron chi connectivity index (χ1n) is 9.50. The predicted octanol–water partition coefficient (Wildman–Crippen LogP) is 1.77. The molecule has 0 saturated carbocycles. The van der Waals surface area contributed by atoms with Gasteiger partial charge in [0.2, 0.25) is 11.8 Å². The fourth-order valence-electron chi connectivity index (χ4n) is 4.26. The van der Waals surface area contributed by atoms with E-state index in [9.17, 15) is 9.59 Å². The van der Waals surface area contributed by atoms with Gasteiger partial charge in [-0.1, -0.05) is 12.8 Å². The number of hydrogen-bond acceptors (Lipinski definition) is 3. The van der Waals surface area contributed by atoms with E-state index in [0.29, 0.717) is 18.8 Å². The maximum absolute atomic E-state index is 12.5. The lowest BCUT2D eigenvalue weighted by Gasteiger charge is -2.29. The van der Waals surface area contributed by atoms with Crippen LogP contribution in [0, 0.1) is 5.92 Å². The topological polar surface area (TPSA) is 52.7 Å². The summed E-state index contributed by atoms with van der Waals surface area (Å²) in [4.78, 5) is 28.8. The van der Waals surface area contributed by atoms with Crippen LogP contribution in [0.25, 0.3) is 0 Å². The van der Waals surface area contributed by atoms with Crippen molar-refractivity contribution in [2.24, 2.45) is 5.92 Å². The van der Waals surface area contributed by atoms with Crippen LogP contribution in [0.5, 0.6) is 0 Å². The van der Waals surface area contributed by atoms with Crippen LogP contribution in [-0.4, -0.2) is 60.4 Å². The standard InChI is InChI=1S/C18H31N3O2/c22-17-7-3-2-6-16(19-17)12-18(23)21-11-8-15(14-21)13-20-9-4-1-5-10-20/h15-16H,1-14H2,(H,19,22). The highest BCUT2D eigenvalue weighted by atomic mass is 16.2. The minimum atomic E-state index is 0.0543. The molecule has 1 N–H and O–H groups in total. The molecule has 2 atom stereocenters. The largest absolute Gasteiger partial charge is 0.353 e. The average molecular weight is 321 g/mol. The van der Waals surface area contributed by atoms with E-state index in [0.717, 1.165) is 45.3 Å². The van der Waals surface area contributed by atoms with Crippen molar-refractivity contribution in [1.29, 1.82) is 0 Å². The molecule has 3 aliphatic heterocycles. The summed E-state index contributed by atoms with van der Waals surface area (Å²) in [6.45, 7) is 5.44. The third kappa shape index (κ3) is 4.93. The molecule has 2 unspecified atom stereocenters. The first-order chi connectivity index (χ1) is 11.2. The summed E-state index contributed by atoms with van der Waals surface area (Å²) in [6, 6.07) is 0.0543. The second-order valence-electron chi connectivity index (χ2n) is 7.57. The number of carbonyl (C=O) groups is 2. The third-order valence-corrected chi connectivity index (χ3v) is 5.60. The molecule has 5 nitrogen and oxygen atoms in total. The maximum atomic E-state index is 12.5. The number of rotatable bonds is 4. The van der Waals surface area contributed by atoms with Gasteiger partial charge in [-0.3, -0.25) is 9.59 Å². The van der Waals surface area contributed by atoms with E-state index < -0.39 is 0 Å². The fourth-order valence-corrected chi connectivity index (χ4v) is 4.26. The van der Waals surface area contributed by atoms with Crippen LogP contribution in [-0.2, 0) is 9.59 Å². The molecule has 0 bridgehead atoms. The van der Waals surface area contributed by atoms with E-state index in [2.05, 4.69) is 10.2 Å². The van der Waals surface area contributed by atoms with Gasteiger partial charge in [0.05, 0.1) is 0 Å². The summed E-state index contributed by atoms with van der Waals surface area (Å²) in [6.07, 6.45) is 9.23. The van der Waals surface area contributed by atoms with Crippen LogP contribution in [0.1, 0.15) is 57.8 Å². The first kappa shape index (κ1) is 16.7. The summed E-state index contributed by atoms with van der Waals surface area (Å²) in [5.41, 5.74) is 0. The van der Waals surface area contributed by atoms with E-state index in [1.54, 1.807) is 0 Å². The van der Waals surface area contributed by atoms with Crippen LogP contribution in [0.4, 0.5) is 0 Å². The fraction of sp³-hybridized carbons (Fsp3) is 0.889. The Kier molecular flexibility index (Phi) is 5.92. The second-order valence-corrected chi connectivity index (χ2v) is 7.57. The molecule has 3 saturated heterocycles. The molecule has 0 aromatic rings. The number of nitrogens with zero attached hydrogens (tertiary/aromatic N) is 2. The van der Waals surface area contributed by atoms with E-state index >= 15 is 0 Å². The lowest BCUT2D eigenvalue weighted by atomic mass is 10.1. The van der Waals surface area contributed by atoms with Gasteiger partial charge >= 0.3 is 0 Å². The molecule has 3 rings (SSSR count). The highest BCUT2D eigenvalue weighted by molar-refractivity contribution is 5.80. The third-order valence-electron chi connectivity index (χ3n) is 5.60. The Morgan fingerprint density at radius 2 is 1.87 bits per heavy atom. The molecular weight excluding hydrogens is 290 g/mol. The zero-order valence-corrected chi connectivity index (χ0v) is 14.3. The summed E-state index contributed by atoms with van der Waals surface area (Å²) in [7, 11) is 0. The number of amides is 2. The molecule has 0 radical (unpaired) electrons. The lowest BCUT2D eigenvalue weighted by Crippen LogP contribution is -2.40. The summed E-state index contributed by atoms with van der Waals surface area (Å²) >= 11 is 0. The van der Waals surface area contributed by atoms with Crippen LogP contribution in [0.3, 0.4) is 0 Å². The van der Waals surface area contributed by atoms with Gasteiger partial charge in [0.1, 0.15) is 0 Å². The first-order valence-corrected chi connectivity index (χ1v) is 9.50. The molecular formula is C18H31N3O2.